The van der Waals surface area contributed by atoms with Gasteiger partial charge in [0, 0.05) is 6.92 Å². The summed E-state index contributed by atoms with van der Waals surface area (Å²) in [5, 5.41) is 0. The number of esters is 1. The van der Waals surface area contributed by atoms with Crippen molar-refractivity contribution >= 4 is 5.97 Å². The molecule has 0 radical (unpaired) electrons. The molecule has 2 rings (SSSR count). The van der Waals surface area contributed by atoms with E-state index in [2.05, 4.69) is 31.1 Å². The molecule has 1 aromatic carbocycles. The van der Waals surface area contributed by atoms with Gasteiger partial charge in [0.25, 0.3) is 0 Å². The van der Waals surface area contributed by atoms with Crippen LogP contribution in [0.3, 0.4) is 0 Å². The second-order valence-electron chi connectivity index (χ2n) is 6.52. The van der Waals surface area contributed by atoms with Crippen molar-refractivity contribution in [2.24, 2.45) is 0 Å². The Balaban J connectivity index is 2.25. The molecule has 0 heterocycles. The zero-order valence-electron chi connectivity index (χ0n) is 13.5. The third-order valence-electron chi connectivity index (χ3n) is 4.56. The van der Waals surface area contributed by atoms with Gasteiger partial charge >= 0.3 is 5.97 Å². The van der Waals surface area contributed by atoms with E-state index in [-0.39, 0.29) is 11.4 Å². The van der Waals surface area contributed by atoms with Gasteiger partial charge in [-0.05, 0) is 63.0 Å². The van der Waals surface area contributed by atoms with Crippen molar-refractivity contribution in [2.75, 3.05) is 20.6 Å². The topological polar surface area (TPSA) is 29.5 Å². The number of nitrogens with zero attached hydrogens (tertiary/aromatic N) is 1. The highest BCUT2D eigenvalue weighted by atomic mass is 16.5. The lowest BCUT2D eigenvalue weighted by Crippen LogP contribution is -2.33. The van der Waals surface area contributed by atoms with E-state index in [1.54, 1.807) is 0 Å². The summed E-state index contributed by atoms with van der Waals surface area (Å²) in [7, 11) is 4.26. The first kappa shape index (κ1) is 16.0. The molecule has 0 N–H and O–H groups in total. The number of hydrogen-bond donors (Lipinski definition) is 0. The molecule has 1 saturated carbocycles. The van der Waals surface area contributed by atoms with Gasteiger partial charge in [0.15, 0.2) is 0 Å². The Bertz CT molecular complexity index is 476. The highest BCUT2D eigenvalue weighted by Gasteiger charge is 2.33. The average molecular weight is 289 g/mol. The molecule has 3 nitrogen and oxygen atoms in total. The third-order valence-corrected chi connectivity index (χ3v) is 4.56. The van der Waals surface area contributed by atoms with Gasteiger partial charge in [-0.25, -0.2) is 0 Å². The quantitative estimate of drug-likeness (QED) is 0.610. The molecule has 0 amide bonds. The van der Waals surface area contributed by atoms with E-state index in [9.17, 15) is 4.79 Å². The summed E-state index contributed by atoms with van der Waals surface area (Å²) in [6, 6.07) is 8.16. The van der Waals surface area contributed by atoms with E-state index in [1.807, 2.05) is 12.1 Å². The minimum Gasteiger partial charge on any atom is -0.427 e. The van der Waals surface area contributed by atoms with Crippen molar-refractivity contribution in [3.05, 3.63) is 29.8 Å². The Hall–Kier alpha value is -1.35. The van der Waals surface area contributed by atoms with Crippen LogP contribution >= 0.6 is 0 Å². The van der Waals surface area contributed by atoms with Gasteiger partial charge < -0.3 is 9.64 Å². The first-order chi connectivity index (χ1) is 10.0. The van der Waals surface area contributed by atoms with Crippen LogP contribution in [0.1, 0.15) is 51.0 Å². The summed E-state index contributed by atoms with van der Waals surface area (Å²) in [6.45, 7) is 2.55. The molecule has 0 atom stereocenters. The van der Waals surface area contributed by atoms with E-state index < -0.39 is 0 Å². The van der Waals surface area contributed by atoms with Crippen LogP contribution < -0.4 is 4.74 Å². The Morgan fingerprint density at radius 1 is 1.24 bits per heavy atom. The highest BCUT2D eigenvalue weighted by molar-refractivity contribution is 5.69. The smallest absolute Gasteiger partial charge is 0.308 e. The van der Waals surface area contributed by atoms with Crippen molar-refractivity contribution in [3.8, 4) is 5.75 Å². The Morgan fingerprint density at radius 3 is 2.57 bits per heavy atom. The molecule has 0 bridgehead atoms. The molecule has 0 aliphatic heterocycles. The molecular formula is C18H27NO2. The largest absolute Gasteiger partial charge is 0.427 e. The first-order valence-electron chi connectivity index (χ1n) is 7.96. The lowest BCUT2D eigenvalue weighted by atomic mass is 9.67. The third kappa shape index (κ3) is 4.31. The first-order valence-corrected chi connectivity index (χ1v) is 7.96. The standard InChI is InChI=1S/C18H27NO2/c1-15(20)21-17-9-7-8-16(14-17)18(12-13-19(2)3)10-5-4-6-11-18/h7-9,14H,4-6,10-13H2,1-3H3. The van der Waals surface area contributed by atoms with Crippen LogP contribution in [0.15, 0.2) is 24.3 Å². The lowest BCUT2D eigenvalue weighted by molar-refractivity contribution is -0.131. The molecule has 1 aromatic rings. The SMILES string of the molecule is CC(=O)Oc1cccc(C2(CCN(C)C)CCCCC2)c1. The average Bonchev–Trinajstić information content (AvgIpc) is 2.46. The molecule has 1 aliphatic rings. The summed E-state index contributed by atoms with van der Waals surface area (Å²) >= 11 is 0. The number of hydrogen-bond acceptors (Lipinski definition) is 3. The summed E-state index contributed by atoms with van der Waals surface area (Å²) in [6.07, 6.45) is 7.59. The molecule has 3 heteroatoms. The molecule has 0 spiro atoms. The second kappa shape index (κ2) is 7.08. The summed E-state index contributed by atoms with van der Waals surface area (Å²) in [5.74, 6) is 0.424. The van der Waals surface area contributed by atoms with Crippen LogP contribution in [0.25, 0.3) is 0 Å². The van der Waals surface area contributed by atoms with Crippen molar-refractivity contribution in [2.45, 2.75) is 50.9 Å². The zero-order valence-corrected chi connectivity index (χ0v) is 13.5. The number of ether oxygens (including phenoxy) is 1. The predicted octanol–water partition coefficient (Wildman–Crippen LogP) is 3.77. The summed E-state index contributed by atoms with van der Waals surface area (Å²) in [5.41, 5.74) is 1.58. The van der Waals surface area contributed by atoms with Crippen molar-refractivity contribution < 1.29 is 9.53 Å². The summed E-state index contributed by atoms with van der Waals surface area (Å²) in [4.78, 5) is 13.4. The Kier molecular flexibility index (Phi) is 5.40. The van der Waals surface area contributed by atoms with Crippen LogP contribution in [-0.4, -0.2) is 31.5 Å². The van der Waals surface area contributed by atoms with Crippen LogP contribution in [-0.2, 0) is 10.2 Å². The monoisotopic (exact) mass is 289 g/mol. The Morgan fingerprint density at radius 2 is 1.95 bits per heavy atom. The highest BCUT2D eigenvalue weighted by Crippen LogP contribution is 2.43. The normalized spacial score (nSPS) is 17.7. The Labute approximate surface area is 128 Å². The van der Waals surface area contributed by atoms with Crippen LogP contribution in [0.5, 0.6) is 5.75 Å². The van der Waals surface area contributed by atoms with Crippen LogP contribution in [0.4, 0.5) is 0 Å². The molecule has 0 unspecified atom stereocenters. The van der Waals surface area contributed by atoms with E-state index in [1.165, 1.54) is 51.0 Å². The zero-order chi connectivity index (χ0) is 15.3. The molecule has 21 heavy (non-hydrogen) atoms. The van der Waals surface area contributed by atoms with Crippen LogP contribution in [0, 0.1) is 0 Å². The van der Waals surface area contributed by atoms with E-state index in [4.69, 9.17) is 4.74 Å². The maximum Gasteiger partial charge on any atom is 0.308 e. The summed E-state index contributed by atoms with van der Waals surface area (Å²) < 4.78 is 5.27. The van der Waals surface area contributed by atoms with Crippen LogP contribution in [0.2, 0.25) is 0 Å². The molecule has 1 aliphatic carbocycles. The fraction of sp³-hybridized carbons (Fsp3) is 0.611. The fourth-order valence-corrected chi connectivity index (χ4v) is 3.40. The predicted molar refractivity (Wildman–Crippen MR) is 85.7 cm³/mol. The minimum absolute atomic E-state index is 0.249. The van der Waals surface area contributed by atoms with Crippen molar-refractivity contribution in [3.63, 3.8) is 0 Å². The second-order valence-corrected chi connectivity index (χ2v) is 6.52. The van der Waals surface area contributed by atoms with Gasteiger partial charge in [-0.3, -0.25) is 4.79 Å². The van der Waals surface area contributed by atoms with Gasteiger partial charge in [0.05, 0.1) is 0 Å². The van der Waals surface area contributed by atoms with Crippen molar-refractivity contribution in [1.29, 1.82) is 0 Å². The number of carbonyl (C=O) groups excluding carboxylic acids is 1. The maximum absolute atomic E-state index is 11.2. The molecule has 116 valence electrons. The number of rotatable bonds is 5. The van der Waals surface area contributed by atoms with E-state index >= 15 is 0 Å². The number of carbonyl (C=O) groups is 1. The van der Waals surface area contributed by atoms with E-state index in [0.29, 0.717) is 5.75 Å². The minimum atomic E-state index is -0.252. The molecule has 1 fully saturated rings. The number of benzene rings is 1. The van der Waals surface area contributed by atoms with Gasteiger partial charge in [-0.2, -0.15) is 0 Å². The van der Waals surface area contributed by atoms with Crippen molar-refractivity contribution in [1.82, 2.24) is 4.90 Å². The molecular weight excluding hydrogens is 262 g/mol. The fourth-order valence-electron chi connectivity index (χ4n) is 3.40. The van der Waals surface area contributed by atoms with Gasteiger partial charge in [-0.1, -0.05) is 31.4 Å². The molecule has 0 aromatic heterocycles. The van der Waals surface area contributed by atoms with E-state index in [0.717, 1.165) is 6.54 Å². The van der Waals surface area contributed by atoms with Gasteiger partial charge in [0.1, 0.15) is 5.75 Å². The maximum atomic E-state index is 11.2. The lowest BCUT2D eigenvalue weighted by Gasteiger charge is -2.39. The molecule has 0 saturated heterocycles. The van der Waals surface area contributed by atoms with Gasteiger partial charge in [0.2, 0.25) is 0 Å². The van der Waals surface area contributed by atoms with Gasteiger partial charge in [-0.15, -0.1) is 0 Å².